The number of ether oxygens (including phenoxy) is 2. The summed E-state index contributed by atoms with van der Waals surface area (Å²) < 4.78 is 10.6. The van der Waals surface area contributed by atoms with E-state index < -0.39 is 5.24 Å². The van der Waals surface area contributed by atoms with Gasteiger partial charge in [0.1, 0.15) is 0 Å². The average Bonchev–Trinajstić information content (AvgIpc) is 2.46. The average molecular weight is 277 g/mol. The molecule has 4 heteroatoms. The lowest BCUT2D eigenvalue weighted by molar-refractivity contribution is 0.108. The van der Waals surface area contributed by atoms with E-state index in [0.29, 0.717) is 17.1 Å². The molecule has 2 aromatic rings. The third kappa shape index (κ3) is 2.71. The fraction of sp³-hybridized carbons (Fsp3) is 0.133. The number of hydrogen-bond donors (Lipinski definition) is 0. The van der Waals surface area contributed by atoms with Crippen LogP contribution in [0.4, 0.5) is 0 Å². The number of para-hydroxylation sites is 1. The Hall–Kier alpha value is -2.00. The van der Waals surface area contributed by atoms with Gasteiger partial charge in [0.05, 0.1) is 14.2 Å². The second kappa shape index (κ2) is 5.76. The Labute approximate surface area is 116 Å². The highest BCUT2D eigenvalue weighted by atomic mass is 35.5. The lowest BCUT2D eigenvalue weighted by atomic mass is 10.0. The molecule has 0 aliphatic heterocycles. The molecule has 98 valence electrons. The van der Waals surface area contributed by atoms with Crippen molar-refractivity contribution in [2.24, 2.45) is 0 Å². The van der Waals surface area contributed by atoms with Crippen LogP contribution in [-0.4, -0.2) is 19.5 Å². The molecule has 0 N–H and O–H groups in total. The van der Waals surface area contributed by atoms with Crippen molar-refractivity contribution in [1.29, 1.82) is 0 Å². The molecule has 0 spiro atoms. The van der Waals surface area contributed by atoms with Crippen LogP contribution in [0.15, 0.2) is 42.5 Å². The van der Waals surface area contributed by atoms with Crippen molar-refractivity contribution in [3.05, 3.63) is 48.0 Å². The van der Waals surface area contributed by atoms with Gasteiger partial charge in [0.2, 0.25) is 0 Å². The van der Waals surface area contributed by atoms with Gasteiger partial charge in [0, 0.05) is 11.1 Å². The number of halogens is 1. The number of methoxy groups -OCH3 is 2. The highest BCUT2D eigenvalue weighted by Gasteiger charge is 2.12. The van der Waals surface area contributed by atoms with Crippen LogP contribution in [0, 0.1) is 0 Å². The first kappa shape index (κ1) is 13.4. The van der Waals surface area contributed by atoms with Crippen molar-refractivity contribution in [3.63, 3.8) is 0 Å². The topological polar surface area (TPSA) is 35.5 Å². The quantitative estimate of drug-likeness (QED) is 0.798. The molecule has 0 heterocycles. The summed E-state index contributed by atoms with van der Waals surface area (Å²) >= 11 is 5.50. The molecular formula is C15H13ClO3. The van der Waals surface area contributed by atoms with Crippen molar-refractivity contribution in [1.82, 2.24) is 0 Å². The number of benzene rings is 2. The van der Waals surface area contributed by atoms with Crippen LogP contribution >= 0.6 is 11.6 Å². The number of rotatable bonds is 4. The van der Waals surface area contributed by atoms with E-state index in [0.717, 1.165) is 11.1 Å². The highest BCUT2D eigenvalue weighted by Crippen LogP contribution is 2.37. The van der Waals surface area contributed by atoms with Crippen molar-refractivity contribution in [2.75, 3.05) is 14.2 Å². The molecule has 3 nitrogen and oxygen atoms in total. The summed E-state index contributed by atoms with van der Waals surface area (Å²) in [5.74, 6) is 1.27. The number of carbonyl (C=O) groups is 1. The van der Waals surface area contributed by atoms with Crippen LogP contribution in [0.5, 0.6) is 11.5 Å². The molecule has 19 heavy (non-hydrogen) atoms. The van der Waals surface area contributed by atoms with Crippen LogP contribution in [0.3, 0.4) is 0 Å². The maximum atomic E-state index is 11.2. The number of carbonyl (C=O) groups excluding carboxylic acids is 1. The van der Waals surface area contributed by atoms with Gasteiger partial charge >= 0.3 is 0 Å². The molecule has 2 rings (SSSR count). The normalized spacial score (nSPS) is 10.1. The maximum absolute atomic E-state index is 11.2. The van der Waals surface area contributed by atoms with E-state index in [2.05, 4.69) is 0 Å². The van der Waals surface area contributed by atoms with Crippen LogP contribution in [-0.2, 0) is 0 Å². The zero-order valence-corrected chi connectivity index (χ0v) is 11.4. The third-order valence-electron chi connectivity index (χ3n) is 2.80. The van der Waals surface area contributed by atoms with Crippen molar-refractivity contribution in [3.8, 4) is 22.6 Å². The molecular weight excluding hydrogens is 264 g/mol. The maximum Gasteiger partial charge on any atom is 0.252 e. The minimum absolute atomic E-state index is 0.448. The van der Waals surface area contributed by atoms with Gasteiger partial charge in [0.15, 0.2) is 11.5 Å². The zero-order chi connectivity index (χ0) is 13.8. The lowest BCUT2D eigenvalue weighted by Gasteiger charge is -2.13. The Morgan fingerprint density at radius 1 is 1.05 bits per heavy atom. The monoisotopic (exact) mass is 276 g/mol. The predicted molar refractivity (Wildman–Crippen MR) is 75.2 cm³/mol. The molecule has 0 fully saturated rings. The molecule has 0 amide bonds. The van der Waals surface area contributed by atoms with Crippen LogP contribution in [0.1, 0.15) is 10.4 Å². The standard InChI is InChI=1S/C15H13ClO3/c1-18-13-8-4-7-12(14(13)19-2)10-5-3-6-11(9-10)15(16)17/h3-9H,1-2H3. The predicted octanol–water partition coefficient (Wildman–Crippen LogP) is 3.75. The van der Waals surface area contributed by atoms with E-state index in [1.54, 1.807) is 32.4 Å². The highest BCUT2D eigenvalue weighted by molar-refractivity contribution is 6.67. The van der Waals surface area contributed by atoms with Gasteiger partial charge in [-0.3, -0.25) is 4.79 Å². The summed E-state index contributed by atoms with van der Waals surface area (Å²) in [6.07, 6.45) is 0. The molecule has 2 aromatic carbocycles. The molecule has 0 bridgehead atoms. The Morgan fingerprint density at radius 3 is 2.42 bits per heavy atom. The summed E-state index contributed by atoms with van der Waals surface area (Å²) in [7, 11) is 3.16. The largest absolute Gasteiger partial charge is 0.493 e. The Kier molecular flexibility index (Phi) is 4.07. The Morgan fingerprint density at radius 2 is 1.79 bits per heavy atom. The van der Waals surface area contributed by atoms with E-state index in [4.69, 9.17) is 21.1 Å². The minimum Gasteiger partial charge on any atom is -0.493 e. The van der Waals surface area contributed by atoms with Gasteiger partial charge < -0.3 is 9.47 Å². The first-order valence-corrected chi connectivity index (χ1v) is 6.06. The van der Waals surface area contributed by atoms with Crippen LogP contribution < -0.4 is 9.47 Å². The Balaban J connectivity index is 2.58. The second-order valence-electron chi connectivity index (χ2n) is 3.90. The Bertz CT molecular complexity index is 608. The summed E-state index contributed by atoms with van der Waals surface area (Å²) in [5.41, 5.74) is 2.15. The van der Waals surface area contributed by atoms with Crippen molar-refractivity contribution in [2.45, 2.75) is 0 Å². The molecule has 0 saturated carbocycles. The number of hydrogen-bond acceptors (Lipinski definition) is 3. The first-order chi connectivity index (χ1) is 9.17. The van der Waals surface area contributed by atoms with Crippen molar-refractivity contribution < 1.29 is 14.3 Å². The van der Waals surface area contributed by atoms with E-state index in [-0.39, 0.29) is 0 Å². The summed E-state index contributed by atoms with van der Waals surface area (Å²) in [6.45, 7) is 0. The van der Waals surface area contributed by atoms with E-state index in [1.165, 1.54) is 0 Å². The summed E-state index contributed by atoms with van der Waals surface area (Å²) in [5, 5.41) is -0.483. The fourth-order valence-electron chi connectivity index (χ4n) is 1.92. The molecule has 0 atom stereocenters. The lowest BCUT2D eigenvalue weighted by Crippen LogP contribution is -1.94. The minimum atomic E-state index is -0.483. The van der Waals surface area contributed by atoms with E-state index >= 15 is 0 Å². The fourth-order valence-corrected chi connectivity index (χ4v) is 2.04. The van der Waals surface area contributed by atoms with Crippen molar-refractivity contribution >= 4 is 16.8 Å². The molecule has 0 aliphatic carbocycles. The SMILES string of the molecule is COc1cccc(-c2cccc(C(=O)Cl)c2)c1OC. The van der Waals surface area contributed by atoms with Gasteiger partial charge in [0.25, 0.3) is 5.24 Å². The summed E-state index contributed by atoms with van der Waals surface area (Å²) in [4.78, 5) is 11.2. The molecule has 0 unspecified atom stereocenters. The van der Waals surface area contributed by atoms with E-state index in [9.17, 15) is 4.79 Å². The molecule has 0 radical (unpaired) electrons. The van der Waals surface area contributed by atoms with Crippen LogP contribution in [0.25, 0.3) is 11.1 Å². The van der Waals surface area contributed by atoms with Gasteiger partial charge in [-0.1, -0.05) is 30.3 Å². The van der Waals surface area contributed by atoms with Gasteiger partial charge in [-0.25, -0.2) is 0 Å². The zero-order valence-electron chi connectivity index (χ0n) is 10.6. The molecule has 0 aromatic heterocycles. The summed E-state index contributed by atoms with van der Waals surface area (Å²) in [6, 6.07) is 12.7. The first-order valence-electron chi connectivity index (χ1n) is 5.68. The van der Waals surface area contributed by atoms with Gasteiger partial charge in [-0.05, 0) is 29.3 Å². The van der Waals surface area contributed by atoms with Crippen LogP contribution in [0.2, 0.25) is 0 Å². The third-order valence-corrected chi connectivity index (χ3v) is 3.02. The molecule has 0 saturated heterocycles. The van der Waals surface area contributed by atoms with Gasteiger partial charge in [-0.15, -0.1) is 0 Å². The smallest absolute Gasteiger partial charge is 0.252 e. The second-order valence-corrected chi connectivity index (χ2v) is 4.24. The molecule has 0 aliphatic rings. The van der Waals surface area contributed by atoms with Gasteiger partial charge in [-0.2, -0.15) is 0 Å². The van der Waals surface area contributed by atoms with E-state index in [1.807, 2.05) is 24.3 Å².